The normalized spacial score (nSPS) is 17.4. The lowest BCUT2D eigenvalue weighted by atomic mass is 10.0. The van der Waals surface area contributed by atoms with Crippen molar-refractivity contribution in [2.24, 2.45) is 10.9 Å². The number of nitrogens with zero attached hydrogens (tertiary/aromatic N) is 2. The van der Waals surface area contributed by atoms with Crippen LogP contribution in [0.2, 0.25) is 5.02 Å². The summed E-state index contributed by atoms with van der Waals surface area (Å²) in [5.74, 6) is -0.756. The number of hydrogen-bond acceptors (Lipinski definition) is 3. The smallest absolute Gasteiger partial charge is 0.406 e. The third-order valence-corrected chi connectivity index (χ3v) is 5.80. The number of nitrogens with one attached hydrogen (secondary N) is 1. The Hall–Kier alpha value is -3.00. The number of aromatic nitrogens is 1. The fraction of sp³-hybridized carbons (Fsp3) is 0.304. The van der Waals surface area contributed by atoms with Crippen LogP contribution >= 0.6 is 11.6 Å². The first kappa shape index (κ1) is 22.2. The van der Waals surface area contributed by atoms with Gasteiger partial charge in [-0.2, -0.15) is 0 Å². The highest BCUT2D eigenvalue weighted by Gasteiger charge is 2.35. The first-order chi connectivity index (χ1) is 15.2. The number of fused-ring (bicyclic) bond motifs is 1. The molecule has 1 amide bonds. The lowest BCUT2D eigenvalue weighted by Gasteiger charge is -2.17. The SMILES string of the molecule is CC(=NCCc1c[nH]c2ccc(Cl)cc12)C1CCN(c2ccc(OC(F)(F)F)cc2)C1=O. The number of anilines is 1. The van der Waals surface area contributed by atoms with Crippen LogP contribution in [0.3, 0.4) is 0 Å². The average Bonchev–Trinajstić information content (AvgIpc) is 3.31. The maximum atomic E-state index is 12.9. The molecule has 1 unspecified atom stereocenters. The number of rotatable bonds is 6. The van der Waals surface area contributed by atoms with Gasteiger partial charge >= 0.3 is 6.36 Å². The molecule has 32 heavy (non-hydrogen) atoms. The number of halogens is 4. The molecule has 4 rings (SSSR count). The first-order valence-electron chi connectivity index (χ1n) is 10.1. The molecule has 0 saturated carbocycles. The highest BCUT2D eigenvalue weighted by molar-refractivity contribution is 6.31. The molecule has 2 aromatic carbocycles. The quantitative estimate of drug-likeness (QED) is 0.471. The zero-order chi connectivity index (χ0) is 22.9. The Kier molecular flexibility index (Phi) is 6.15. The summed E-state index contributed by atoms with van der Waals surface area (Å²) in [6.45, 7) is 2.87. The molecule has 1 N–H and O–H groups in total. The second kappa shape index (κ2) is 8.86. The second-order valence-electron chi connectivity index (χ2n) is 7.65. The van der Waals surface area contributed by atoms with Gasteiger partial charge in [-0.3, -0.25) is 9.79 Å². The van der Waals surface area contributed by atoms with E-state index in [-0.39, 0.29) is 17.6 Å². The molecule has 0 spiro atoms. The molecule has 1 aromatic heterocycles. The summed E-state index contributed by atoms with van der Waals surface area (Å²) in [5, 5.41) is 1.74. The van der Waals surface area contributed by atoms with Crippen molar-refractivity contribution >= 4 is 39.8 Å². The van der Waals surface area contributed by atoms with E-state index in [1.54, 1.807) is 4.90 Å². The molecule has 1 fully saturated rings. The number of aromatic amines is 1. The van der Waals surface area contributed by atoms with Crippen molar-refractivity contribution in [2.75, 3.05) is 18.0 Å². The molecule has 0 radical (unpaired) electrons. The van der Waals surface area contributed by atoms with E-state index in [9.17, 15) is 18.0 Å². The average molecular weight is 464 g/mol. The summed E-state index contributed by atoms with van der Waals surface area (Å²) in [6.07, 6.45) is -1.48. The molecule has 5 nitrogen and oxygen atoms in total. The van der Waals surface area contributed by atoms with E-state index >= 15 is 0 Å². The lowest BCUT2D eigenvalue weighted by Crippen LogP contribution is -2.29. The summed E-state index contributed by atoms with van der Waals surface area (Å²) < 4.78 is 40.9. The van der Waals surface area contributed by atoms with Crippen LogP contribution in [0.4, 0.5) is 18.9 Å². The van der Waals surface area contributed by atoms with Crippen molar-refractivity contribution < 1.29 is 22.7 Å². The van der Waals surface area contributed by atoms with Gasteiger partial charge in [-0.1, -0.05) is 11.6 Å². The summed E-state index contributed by atoms with van der Waals surface area (Å²) in [7, 11) is 0. The van der Waals surface area contributed by atoms with Gasteiger partial charge in [0, 0.05) is 46.6 Å². The van der Waals surface area contributed by atoms with Gasteiger partial charge in [-0.05, 0) is 67.8 Å². The lowest BCUT2D eigenvalue weighted by molar-refractivity contribution is -0.274. The molecule has 3 aromatic rings. The highest BCUT2D eigenvalue weighted by atomic mass is 35.5. The number of hydrogen-bond donors (Lipinski definition) is 1. The van der Waals surface area contributed by atoms with Crippen molar-refractivity contribution in [3.05, 3.63) is 59.2 Å². The summed E-state index contributed by atoms with van der Waals surface area (Å²) >= 11 is 6.09. The molecule has 1 atom stereocenters. The van der Waals surface area contributed by atoms with Crippen LogP contribution in [0, 0.1) is 5.92 Å². The molecule has 0 bridgehead atoms. The number of amides is 1. The standard InChI is InChI=1S/C23H21ClF3N3O2/c1-14(28-10-8-15-13-29-21-7-2-16(24)12-20(15)21)19-9-11-30(22(19)31)17-3-5-18(6-4-17)32-23(25,26)27/h2-7,12-13,19,29H,8-11H2,1H3. The molecular formula is C23H21ClF3N3O2. The van der Waals surface area contributed by atoms with Gasteiger partial charge < -0.3 is 14.6 Å². The molecule has 1 aliphatic heterocycles. The number of carbonyl (C=O) groups is 1. The van der Waals surface area contributed by atoms with Gasteiger partial charge in [0.2, 0.25) is 5.91 Å². The molecule has 2 heterocycles. The fourth-order valence-corrected chi connectivity index (χ4v) is 4.14. The zero-order valence-electron chi connectivity index (χ0n) is 17.2. The fourth-order valence-electron chi connectivity index (χ4n) is 3.97. The molecule has 0 aliphatic carbocycles. The van der Waals surface area contributed by atoms with Gasteiger partial charge in [0.05, 0.1) is 5.92 Å². The van der Waals surface area contributed by atoms with E-state index in [1.165, 1.54) is 24.3 Å². The number of benzene rings is 2. The summed E-state index contributed by atoms with van der Waals surface area (Å²) in [6, 6.07) is 11.0. The number of carbonyl (C=O) groups excluding carboxylic acids is 1. The molecule has 168 valence electrons. The highest BCUT2D eigenvalue weighted by Crippen LogP contribution is 2.30. The van der Waals surface area contributed by atoms with Crippen LogP contribution in [0.1, 0.15) is 18.9 Å². The van der Waals surface area contributed by atoms with E-state index in [4.69, 9.17) is 11.6 Å². The Bertz CT molecular complexity index is 1160. The van der Waals surface area contributed by atoms with Crippen LogP contribution in [-0.4, -0.2) is 36.1 Å². The second-order valence-corrected chi connectivity index (χ2v) is 8.09. The van der Waals surface area contributed by atoms with Crippen molar-refractivity contribution in [1.82, 2.24) is 4.98 Å². The minimum absolute atomic E-state index is 0.102. The summed E-state index contributed by atoms with van der Waals surface area (Å²) in [5.41, 5.74) is 3.42. The minimum atomic E-state index is -4.75. The predicted molar refractivity (Wildman–Crippen MR) is 119 cm³/mol. The third-order valence-electron chi connectivity index (χ3n) is 5.56. The maximum absolute atomic E-state index is 12.9. The van der Waals surface area contributed by atoms with Crippen molar-refractivity contribution in [3.8, 4) is 5.75 Å². The predicted octanol–water partition coefficient (Wildman–Crippen LogP) is 5.78. The molecule has 1 saturated heterocycles. The van der Waals surface area contributed by atoms with Gasteiger partial charge in [0.1, 0.15) is 5.75 Å². The van der Waals surface area contributed by atoms with Gasteiger partial charge in [-0.25, -0.2) is 0 Å². The number of aliphatic imine (C=N–C) groups is 1. The minimum Gasteiger partial charge on any atom is -0.406 e. The Morgan fingerprint density at radius 1 is 1.25 bits per heavy atom. The van der Waals surface area contributed by atoms with E-state index in [0.29, 0.717) is 36.6 Å². The van der Waals surface area contributed by atoms with E-state index in [1.807, 2.05) is 31.3 Å². The maximum Gasteiger partial charge on any atom is 0.573 e. The number of H-pyrrole nitrogens is 1. The van der Waals surface area contributed by atoms with E-state index in [0.717, 1.165) is 22.2 Å². The Morgan fingerprint density at radius 2 is 2.00 bits per heavy atom. The van der Waals surface area contributed by atoms with Gasteiger partial charge in [-0.15, -0.1) is 13.2 Å². The van der Waals surface area contributed by atoms with Crippen LogP contribution in [0.25, 0.3) is 10.9 Å². The van der Waals surface area contributed by atoms with Crippen LogP contribution < -0.4 is 9.64 Å². The van der Waals surface area contributed by atoms with Crippen LogP contribution in [-0.2, 0) is 11.2 Å². The van der Waals surface area contributed by atoms with E-state index < -0.39 is 6.36 Å². The van der Waals surface area contributed by atoms with Crippen molar-refractivity contribution in [3.63, 3.8) is 0 Å². The van der Waals surface area contributed by atoms with E-state index in [2.05, 4.69) is 14.7 Å². The first-order valence-corrected chi connectivity index (χ1v) is 10.5. The third kappa shape index (κ3) is 4.91. The van der Waals surface area contributed by atoms with Gasteiger partial charge in [0.25, 0.3) is 0 Å². The zero-order valence-corrected chi connectivity index (χ0v) is 18.0. The van der Waals surface area contributed by atoms with Crippen molar-refractivity contribution in [2.45, 2.75) is 26.1 Å². The van der Waals surface area contributed by atoms with Crippen LogP contribution in [0.5, 0.6) is 5.75 Å². The Labute approximate surface area is 187 Å². The Balaban J connectivity index is 1.38. The molecule has 1 aliphatic rings. The number of alkyl halides is 3. The topological polar surface area (TPSA) is 57.7 Å². The van der Waals surface area contributed by atoms with Crippen LogP contribution in [0.15, 0.2) is 53.7 Å². The van der Waals surface area contributed by atoms with Crippen molar-refractivity contribution in [1.29, 1.82) is 0 Å². The monoisotopic (exact) mass is 463 g/mol. The Morgan fingerprint density at radius 3 is 2.72 bits per heavy atom. The molecule has 9 heteroatoms. The largest absolute Gasteiger partial charge is 0.573 e. The summed E-state index contributed by atoms with van der Waals surface area (Å²) in [4.78, 5) is 22.3. The molecular weight excluding hydrogens is 443 g/mol. The number of ether oxygens (including phenoxy) is 1. The van der Waals surface area contributed by atoms with Gasteiger partial charge in [0.15, 0.2) is 0 Å².